The average Bonchev–Trinajstić information content (AvgIpc) is 3.20. The minimum absolute atomic E-state index is 0.0369. The van der Waals surface area contributed by atoms with Crippen LogP contribution in [0.25, 0.3) is 17.1 Å². The number of nitrogens with zero attached hydrogens (tertiary/aromatic N) is 3. The number of anilines is 1. The Kier molecular flexibility index (Phi) is 5.45. The fourth-order valence-corrected chi connectivity index (χ4v) is 3.04. The van der Waals surface area contributed by atoms with Gasteiger partial charge in [-0.3, -0.25) is 4.79 Å². The molecule has 4 aromatic rings. The molecule has 0 atom stereocenters. The number of carbonyl (C=O) groups is 1. The van der Waals surface area contributed by atoms with Crippen LogP contribution in [0.1, 0.15) is 10.6 Å². The summed E-state index contributed by atoms with van der Waals surface area (Å²) in [4.78, 5) is 17.2. The number of carbonyl (C=O) groups excluding carboxylic acids is 1. The second-order valence-corrected chi connectivity index (χ2v) is 6.78. The van der Waals surface area contributed by atoms with Crippen LogP contribution < -0.4 is 10.1 Å². The number of methoxy groups -OCH3 is 1. The molecular weight excluding hydrogens is 407 g/mol. The average molecular weight is 423 g/mol. The largest absolute Gasteiger partial charge is 0.497 e. The minimum Gasteiger partial charge on any atom is -0.497 e. The van der Waals surface area contributed by atoms with E-state index in [1.54, 1.807) is 67.8 Å². The molecule has 0 aliphatic heterocycles. The van der Waals surface area contributed by atoms with E-state index in [1.165, 1.54) is 16.8 Å². The molecule has 3 aromatic carbocycles. The molecule has 30 heavy (non-hydrogen) atoms. The SMILES string of the molecule is COc1ccc(NC(=O)c2nc(-c3cccc(Cl)c3)n(-c3ccc(F)cc3)n2)cc1. The maximum Gasteiger partial charge on any atom is 0.295 e. The molecule has 0 aliphatic carbocycles. The van der Waals surface area contributed by atoms with E-state index in [-0.39, 0.29) is 11.6 Å². The summed E-state index contributed by atoms with van der Waals surface area (Å²) in [5.41, 5.74) is 1.80. The lowest BCUT2D eigenvalue weighted by Gasteiger charge is -2.06. The predicted octanol–water partition coefficient (Wildman–Crippen LogP) is 4.99. The molecule has 0 bridgehead atoms. The Morgan fingerprint density at radius 1 is 1.07 bits per heavy atom. The maximum atomic E-state index is 13.4. The highest BCUT2D eigenvalue weighted by Gasteiger charge is 2.19. The highest BCUT2D eigenvalue weighted by atomic mass is 35.5. The van der Waals surface area contributed by atoms with Crippen molar-refractivity contribution < 1.29 is 13.9 Å². The van der Waals surface area contributed by atoms with E-state index in [4.69, 9.17) is 16.3 Å². The van der Waals surface area contributed by atoms with Gasteiger partial charge in [-0.2, -0.15) is 0 Å². The number of amides is 1. The Hall–Kier alpha value is -3.71. The highest BCUT2D eigenvalue weighted by molar-refractivity contribution is 6.30. The second kappa shape index (κ2) is 8.34. The fourth-order valence-electron chi connectivity index (χ4n) is 2.85. The summed E-state index contributed by atoms with van der Waals surface area (Å²) in [7, 11) is 1.57. The fraction of sp³-hybridized carbons (Fsp3) is 0.0455. The number of rotatable bonds is 5. The molecule has 0 unspecified atom stereocenters. The third-order valence-corrected chi connectivity index (χ3v) is 4.55. The molecule has 6 nitrogen and oxygen atoms in total. The van der Waals surface area contributed by atoms with Gasteiger partial charge in [0.25, 0.3) is 5.91 Å². The third kappa shape index (κ3) is 4.16. The van der Waals surface area contributed by atoms with E-state index in [1.807, 2.05) is 0 Å². The number of hydrogen-bond acceptors (Lipinski definition) is 4. The molecule has 0 radical (unpaired) electrons. The van der Waals surface area contributed by atoms with Crippen LogP contribution in [0, 0.1) is 5.82 Å². The van der Waals surface area contributed by atoms with E-state index in [0.29, 0.717) is 33.5 Å². The van der Waals surface area contributed by atoms with Crippen molar-refractivity contribution in [1.82, 2.24) is 14.8 Å². The molecule has 0 fully saturated rings. The van der Waals surface area contributed by atoms with Gasteiger partial charge < -0.3 is 10.1 Å². The monoisotopic (exact) mass is 422 g/mol. The summed E-state index contributed by atoms with van der Waals surface area (Å²) in [5, 5.41) is 7.62. The molecule has 8 heteroatoms. The van der Waals surface area contributed by atoms with Crippen molar-refractivity contribution >= 4 is 23.2 Å². The van der Waals surface area contributed by atoms with Gasteiger partial charge in [0.05, 0.1) is 12.8 Å². The summed E-state index contributed by atoms with van der Waals surface area (Å²) in [6.45, 7) is 0. The van der Waals surface area contributed by atoms with Crippen LogP contribution in [-0.2, 0) is 0 Å². The van der Waals surface area contributed by atoms with Crippen molar-refractivity contribution in [3.8, 4) is 22.8 Å². The smallest absolute Gasteiger partial charge is 0.295 e. The first-order valence-electron chi connectivity index (χ1n) is 8.98. The van der Waals surface area contributed by atoms with Gasteiger partial charge in [-0.05, 0) is 60.7 Å². The molecule has 4 rings (SSSR count). The first kappa shape index (κ1) is 19.6. The molecule has 1 aromatic heterocycles. The highest BCUT2D eigenvalue weighted by Crippen LogP contribution is 2.24. The Balaban J connectivity index is 1.72. The first-order valence-corrected chi connectivity index (χ1v) is 9.35. The van der Waals surface area contributed by atoms with Crippen LogP contribution in [0.3, 0.4) is 0 Å². The summed E-state index contributed by atoms with van der Waals surface area (Å²) in [6, 6.07) is 19.7. The molecule has 1 heterocycles. The summed E-state index contributed by atoms with van der Waals surface area (Å²) in [5.74, 6) is 0.189. The van der Waals surface area contributed by atoms with E-state index < -0.39 is 5.91 Å². The Morgan fingerprint density at radius 2 is 1.80 bits per heavy atom. The zero-order chi connectivity index (χ0) is 21.1. The molecule has 1 amide bonds. The lowest BCUT2D eigenvalue weighted by molar-refractivity contribution is 0.101. The predicted molar refractivity (Wildman–Crippen MR) is 113 cm³/mol. The topological polar surface area (TPSA) is 69.0 Å². The van der Waals surface area contributed by atoms with Crippen molar-refractivity contribution in [3.63, 3.8) is 0 Å². The Bertz CT molecular complexity index is 1190. The van der Waals surface area contributed by atoms with E-state index >= 15 is 0 Å². The van der Waals surface area contributed by atoms with Gasteiger partial charge in [0.15, 0.2) is 5.82 Å². The normalized spacial score (nSPS) is 10.6. The second-order valence-electron chi connectivity index (χ2n) is 6.34. The summed E-state index contributed by atoms with van der Waals surface area (Å²) >= 11 is 6.12. The lowest BCUT2D eigenvalue weighted by Crippen LogP contribution is -2.14. The van der Waals surface area contributed by atoms with Crippen LogP contribution in [0.15, 0.2) is 72.8 Å². The number of aromatic nitrogens is 3. The van der Waals surface area contributed by atoms with Crippen LogP contribution in [-0.4, -0.2) is 27.8 Å². The van der Waals surface area contributed by atoms with Crippen LogP contribution in [0.4, 0.5) is 10.1 Å². The number of halogens is 2. The van der Waals surface area contributed by atoms with Gasteiger partial charge in [-0.25, -0.2) is 14.1 Å². The van der Waals surface area contributed by atoms with Crippen molar-refractivity contribution in [3.05, 3.63) is 89.5 Å². The lowest BCUT2D eigenvalue weighted by atomic mass is 10.2. The molecule has 0 saturated carbocycles. The number of nitrogens with one attached hydrogen (secondary N) is 1. The van der Waals surface area contributed by atoms with Gasteiger partial charge in [0.2, 0.25) is 5.82 Å². The van der Waals surface area contributed by atoms with Gasteiger partial charge in [-0.1, -0.05) is 23.7 Å². The van der Waals surface area contributed by atoms with Crippen molar-refractivity contribution in [2.75, 3.05) is 12.4 Å². The summed E-state index contributed by atoms with van der Waals surface area (Å²) in [6.07, 6.45) is 0. The number of benzene rings is 3. The van der Waals surface area contributed by atoms with Crippen LogP contribution in [0.5, 0.6) is 5.75 Å². The van der Waals surface area contributed by atoms with Gasteiger partial charge >= 0.3 is 0 Å². The number of ether oxygens (including phenoxy) is 1. The van der Waals surface area contributed by atoms with Crippen LogP contribution in [0.2, 0.25) is 5.02 Å². The maximum absolute atomic E-state index is 13.4. The third-order valence-electron chi connectivity index (χ3n) is 4.31. The van der Waals surface area contributed by atoms with Gasteiger partial charge in [0.1, 0.15) is 11.6 Å². The van der Waals surface area contributed by atoms with E-state index in [9.17, 15) is 9.18 Å². The molecular formula is C22H16ClFN4O2. The standard InChI is InChI=1S/C22H16ClFN4O2/c1-30-19-11-7-17(8-12-19)25-22(29)20-26-21(14-3-2-4-15(23)13-14)28(27-20)18-9-5-16(24)6-10-18/h2-13H,1H3,(H,25,29). The first-order chi connectivity index (χ1) is 14.5. The van der Waals surface area contributed by atoms with Crippen molar-refractivity contribution in [2.45, 2.75) is 0 Å². The number of hydrogen-bond donors (Lipinski definition) is 1. The summed E-state index contributed by atoms with van der Waals surface area (Å²) < 4.78 is 20.0. The molecule has 1 N–H and O–H groups in total. The Labute approximate surface area is 176 Å². The minimum atomic E-state index is -0.482. The zero-order valence-corrected chi connectivity index (χ0v) is 16.6. The molecule has 150 valence electrons. The molecule has 0 spiro atoms. The zero-order valence-electron chi connectivity index (χ0n) is 15.8. The van der Waals surface area contributed by atoms with Gasteiger partial charge in [-0.15, -0.1) is 5.10 Å². The van der Waals surface area contributed by atoms with E-state index in [0.717, 1.165) is 0 Å². The van der Waals surface area contributed by atoms with E-state index in [2.05, 4.69) is 15.4 Å². The molecule has 0 aliphatic rings. The van der Waals surface area contributed by atoms with Crippen molar-refractivity contribution in [2.24, 2.45) is 0 Å². The molecule has 0 saturated heterocycles. The van der Waals surface area contributed by atoms with Crippen LogP contribution >= 0.6 is 11.6 Å². The van der Waals surface area contributed by atoms with Crippen molar-refractivity contribution in [1.29, 1.82) is 0 Å². The quantitative estimate of drug-likeness (QED) is 0.492. The Morgan fingerprint density at radius 3 is 2.47 bits per heavy atom. The van der Waals surface area contributed by atoms with Gasteiger partial charge in [0, 0.05) is 16.3 Å².